The van der Waals surface area contributed by atoms with Crippen LogP contribution < -0.4 is 4.74 Å². The molecule has 0 fully saturated rings. The fourth-order valence-corrected chi connectivity index (χ4v) is 3.58. The average molecular weight is 429 g/mol. The van der Waals surface area contributed by atoms with Gasteiger partial charge in [0, 0.05) is 29.3 Å². The summed E-state index contributed by atoms with van der Waals surface area (Å²) in [5.74, 6) is 0.0456. The van der Waals surface area contributed by atoms with Crippen molar-refractivity contribution in [2.75, 3.05) is 6.61 Å². The summed E-state index contributed by atoms with van der Waals surface area (Å²) in [5, 5.41) is 1.05. The van der Waals surface area contributed by atoms with Crippen molar-refractivity contribution in [3.05, 3.63) is 94.8 Å². The molecule has 0 radical (unpaired) electrons. The second kappa shape index (κ2) is 9.26. The predicted molar refractivity (Wildman–Crippen MR) is 118 cm³/mol. The Bertz CT molecular complexity index is 1160. The largest absolute Gasteiger partial charge is 0.476 e. The fraction of sp³-hybridized carbons (Fsp3) is 0.208. The number of pyridine rings is 1. The Morgan fingerprint density at radius 2 is 1.70 bits per heavy atom. The van der Waals surface area contributed by atoms with Gasteiger partial charge in [-0.2, -0.15) is 0 Å². The number of aromatic nitrogens is 2. The number of hydrogen-bond donors (Lipinski definition) is 0. The van der Waals surface area contributed by atoms with Crippen LogP contribution in [0.4, 0.5) is 8.78 Å². The maximum absolute atomic E-state index is 14.2. The first-order chi connectivity index (χ1) is 14.0. The van der Waals surface area contributed by atoms with Gasteiger partial charge in [0.2, 0.25) is 5.88 Å². The Morgan fingerprint density at radius 1 is 0.967 bits per heavy atom. The zero-order valence-electron chi connectivity index (χ0n) is 16.9. The van der Waals surface area contributed by atoms with E-state index in [9.17, 15) is 8.78 Å². The van der Waals surface area contributed by atoms with Crippen molar-refractivity contribution in [2.24, 2.45) is 0 Å². The molecule has 0 aliphatic heterocycles. The Hall–Kier alpha value is -2.92. The molecule has 4 aromatic rings. The molecular formula is C24H23ClF2N2O. The summed E-state index contributed by atoms with van der Waals surface area (Å²) in [7, 11) is 0. The Balaban J connectivity index is 0.00000256. The van der Waals surface area contributed by atoms with E-state index in [1.54, 1.807) is 30.5 Å². The third kappa shape index (κ3) is 4.31. The molecule has 0 saturated heterocycles. The Kier molecular flexibility index (Phi) is 6.73. The van der Waals surface area contributed by atoms with Crippen molar-refractivity contribution in [1.29, 1.82) is 0 Å². The van der Waals surface area contributed by atoms with E-state index < -0.39 is 0 Å². The minimum absolute atomic E-state index is 0. The smallest absolute Gasteiger partial charge is 0.238 e. The van der Waals surface area contributed by atoms with Crippen LogP contribution in [0, 0.1) is 25.5 Å². The SMILES string of the molecule is Cc1c(C)n(Cc2ccccc2F)c2c(OCCc3ccc(F)cc3)nccc12.Cl. The van der Waals surface area contributed by atoms with Crippen molar-refractivity contribution in [3.63, 3.8) is 0 Å². The zero-order chi connectivity index (χ0) is 20.4. The Labute approximate surface area is 180 Å². The summed E-state index contributed by atoms with van der Waals surface area (Å²) in [5.41, 5.74) is 4.66. The molecule has 30 heavy (non-hydrogen) atoms. The third-order valence-electron chi connectivity index (χ3n) is 5.34. The number of ether oxygens (including phenoxy) is 1. The molecule has 0 bridgehead atoms. The number of benzene rings is 2. The summed E-state index contributed by atoms with van der Waals surface area (Å²) < 4.78 is 35.4. The van der Waals surface area contributed by atoms with Crippen LogP contribution in [0.15, 0.2) is 60.8 Å². The van der Waals surface area contributed by atoms with Gasteiger partial charge < -0.3 is 9.30 Å². The standard InChI is InChI=1S/C24H22F2N2O.ClH/c1-16-17(2)28(15-19-5-3-4-6-22(19)26)23-21(16)11-13-27-24(23)29-14-12-18-7-9-20(25)10-8-18;/h3-11,13H,12,14-15H2,1-2H3;1H. The first-order valence-electron chi connectivity index (χ1n) is 9.59. The summed E-state index contributed by atoms with van der Waals surface area (Å²) in [6.45, 7) is 4.90. The monoisotopic (exact) mass is 428 g/mol. The van der Waals surface area contributed by atoms with E-state index in [0.29, 0.717) is 31.0 Å². The molecule has 0 saturated carbocycles. The van der Waals surface area contributed by atoms with Crippen molar-refractivity contribution in [3.8, 4) is 5.88 Å². The highest BCUT2D eigenvalue weighted by Gasteiger charge is 2.17. The number of hydrogen-bond acceptors (Lipinski definition) is 2. The molecule has 0 unspecified atom stereocenters. The lowest BCUT2D eigenvalue weighted by atomic mass is 10.1. The highest BCUT2D eigenvalue weighted by Crippen LogP contribution is 2.31. The molecule has 2 aromatic carbocycles. The highest BCUT2D eigenvalue weighted by atomic mass is 35.5. The molecule has 0 atom stereocenters. The molecule has 0 aliphatic rings. The lowest BCUT2D eigenvalue weighted by Gasteiger charge is -2.12. The summed E-state index contributed by atoms with van der Waals surface area (Å²) in [4.78, 5) is 4.43. The van der Waals surface area contributed by atoms with E-state index in [4.69, 9.17) is 4.74 Å². The van der Waals surface area contributed by atoms with Crippen molar-refractivity contribution < 1.29 is 13.5 Å². The van der Waals surface area contributed by atoms with Crippen molar-refractivity contribution in [1.82, 2.24) is 9.55 Å². The molecule has 2 heterocycles. The maximum atomic E-state index is 14.2. The first kappa shape index (κ1) is 21.8. The van der Waals surface area contributed by atoms with Crippen LogP contribution in [-0.2, 0) is 13.0 Å². The summed E-state index contributed by atoms with van der Waals surface area (Å²) in [6.07, 6.45) is 2.37. The highest BCUT2D eigenvalue weighted by molar-refractivity contribution is 5.89. The normalized spacial score (nSPS) is 10.8. The minimum Gasteiger partial charge on any atom is -0.476 e. The molecule has 0 aliphatic carbocycles. The number of nitrogens with zero attached hydrogens (tertiary/aromatic N) is 2. The van der Waals surface area contributed by atoms with E-state index in [2.05, 4.69) is 16.5 Å². The Morgan fingerprint density at radius 3 is 2.43 bits per heavy atom. The topological polar surface area (TPSA) is 27.1 Å². The molecule has 3 nitrogen and oxygen atoms in total. The molecule has 0 amide bonds. The van der Waals surface area contributed by atoms with Gasteiger partial charge in [0.05, 0.1) is 13.2 Å². The van der Waals surface area contributed by atoms with Gasteiger partial charge in [-0.3, -0.25) is 0 Å². The molecule has 156 valence electrons. The van der Waals surface area contributed by atoms with E-state index in [-0.39, 0.29) is 24.0 Å². The number of aryl methyl sites for hydroxylation is 1. The second-order valence-corrected chi connectivity index (χ2v) is 7.13. The predicted octanol–water partition coefficient (Wildman–Crippen LogP) is 6.02. The fourth-order valence-electron chi connectivity index (χ4n) is 3.58. The molecule has 2 aromatic heterocycles. The van der Waals surface area contributed by atoms with Gasteiger partial charge in [-0.05, 0) is 49.2 Å². The van der Waals surface area contributed by atoms with Gasteiger partial charge in [0.1, 0.15) is 17.2 Å². The van der Waals surface area contributed by atoms with Gasteiger partial charge in [-0.1, -0.05) is 30.3 Å². The van der Waals surface area contributed by atoms with Crippen molar-refractivity contribution in [2.45, 2.75) is 26.8 Å². The molecule has 0 spiro atoms. The molecule has 4 rings (SSSR count). The summed E-state index contributed by atoms with van der Waals surface area (Å²) >= 11 is 0. The van der Waals surface area contributed by atoms with Crippen LogP contribution >= 0.6 is 12.4 Å². The van der Waals surface area contributed by atoms with E-state index in [0.717, 1.165) is 27.7 Å². The van der Waals surface area contributed by atoms with E-state index in [1.165, 1.54) is 18.2 Å². The van der Waals surface area contributed by atoms with Crippen LogP contribution in [0.3, 0.4) is 0 Å². The first-order valence-corrected chi connectivity index (χ1v) is 9.59. The van der Waals surface area contributed by atoms with Crippen LogP contribution in [0.1, 0.15) is 22.4 Å². The molecule has 0 N–H and O–H groups in total. The van der Waals surface area contributed by atoms with Gasteiger partial charge in [0.25, 0.3) is 0 Å². The quantitative estimate of drug-likeness (QED) is 0.375. The molecular weight excluding hydrogens is 406 g/mol. The average Bonchev–Trinajstić information content (AvgIpc) is 2.97. The van der Waals surface area contributed by atoms with Crippen LogP contribution in [0.2, 0.25) is 0 Å². The maximum Gasteiger partial charge on any atom is 0.238 e. The van der Waals surface area contributed by atoms with Gasteiger partial charge in [0.15, 0.2) is 0 Å². The number of fused-ring (bicyclic) bond motifs is 1. The van der Waals surface area contributed by atoms with Gasteiger partial charge in [-0.25, -0.2) is 13.8 Å². The number of rotatable bonds is 6. The minimum atomic E-state index is -0.252. The lowest BCUT2D eigenvalue weighted by Crippen LogP contribution is -2.07. The van der Waals surface area contributed by atoms with Crippen LogP contribution in [0.5, 0.6) is 5.88 Å². The van der Waals surface area contributed by atoms with E-state index >= 15 is 0 Å². The van der Waals surface area contributed by atoms with Gasteiger partial charge in [-0.15, -0.1) is 12.4 Å². The molecule has 6 heteroatoms. The third-order valence-corrected chi connectivity index (χ3v) is 5.34. The van der Waals surface area contributed by atoms with Crippen molar-refractivity contribution >= 4 is 23.3 Å². The van der Waals surface area contributed by atoms with E-state index in [1.807, 2.05) is 19.1 Å². The van der Waals surface area contributed by atoms with Crippen LogP contribution in [0.25, 0.3) is 10.9 Å². The van der Waals surface area contributed by atoms with Crippen LogP contribution in [-0.4, -0.2) is 16.2 Å². The lowest BCUT2D eigenvalue weighted by molar-refractivity contribution is 0.312. The number of halogens is 3. The van der Waals surface area contributed by atoms with Gasteiger partial charge >= 0.3 is 0 Å². The second-order valence-electron chi connectivity index (χ2n) is 7.13. The summed E-state index contributed by atoms with van der Waals surface area (Å²) in [6, 6.07) is 15.1. The zero-order valence-corrected chi connectivity index (χ0v) is 17.7.